The van der Waals surface area contributed by atoms with Crippen LogP contribution in [0.4, 0.5) is 5.69 Å². The summed E-state index contributed by atoms with van der Waals surface area (Å²) in [6, 6.07) is 22.6. The van der Waals surface area contributed by atoms with Crippen LogP contribution in [0.25, 0.3) is 16.6 Å². The van der Waals surface area contributed by atoms with Crippen molar-refractivity contribution in [3.63, 3.8) is 0 Å². The Morgan fingerprint density at radius 3 is 2.29 bits per heavy atom. The quantitative estimate of drug-likeness (QED) is 0.353. The molecule has 156 valence electrons. The van der Waals surface area contributed by atoms with Gasteiger partial charge in [-0.2, -0.15) is 0 Å². The molecule has 1 atom stereocenters. The molecule has 5 nitrogen and oxygen atoms in total. The third kappa shape index (κ3) is 4.25. The Morgan fingerprint density at radius 2 is 1.58 bits per heavy atom. The van der Waals surface area contributed by atoms with Gasteiger partial charge in [0.25, 0.3) is 5.56 Å². The van der Waals surface area contributed by atoms with Gasteiger partial charge in [-0.1, -0.05) is 60.3 Å². The SMILES string of the molecule is Cc1cccc(C)c1NC(=O)C(C)Sc1nc2ccccc2c(=O)n1-c1ccccc1. The first-order valence-electron chi connectivity index (χ1n) is 10.1. The van der Waals surface area contributed by atoms with E-state index in [2.05, 4.69) is 5.32 Å². The van der Waals surface area contributed by atoms with E-state index in [1.54, 1.807) is 10.6 Å². The molecule has 6 heteroatoms. The summed E-state index contributed by atoms with van der Waals surface area (Å²) in [7, 11) is 0. The zero-order valence-electron chi connectivity index (χ0n) is 17.6. The van der Waals surface area contributed by atoms with E-state index in [0.717, 1.165) is 22.5 Å². The second-order valence-corrected chi connectivity index (χ2v) is 8.71. The summed E-state index contributed by atoms with van der Waals surface area (Å²) in [5, 5.41) is 3.61. The van der Waals surface area contributed by atoms with Crippen LogP contribution in [0.2, 0.25) is 0 Å². The molecule has 1 heterocycles. The van der Waals surface area contributed by atoms with Crippen molar-refractivity contribution in [2.24, 2.45) is 0 Å². The number of carbonyl (C=O) groups excluding carboxylic acids is 1. The third-order valence-electron chi connectivity index (χ3n) is 5.14. The lowest BCUT2D eigenvalue weighted by Gasteiger charge is -2.18. The van der Waals surface area contributed by atoms with Crippen molar-refractivity contribution >= 4 is 34.3 Å². The molecule has 0 radical (unpaired) electrons. The summed E-state index contributed by atoms with van der Waals surface area (Å²) in [6.07, 6.45) is 0. The number of hydrogen-bond donors (Lipinski definition) is 1. The van der Waals surface area contributed by atoms with Crippen LogP contribution < -0.4 is 10.9 Å². The molecular weight excluding hydrogens is 406 g/mol. The van der Waals surface area contributed by atoms with Gasteiger partial charge in [-0.15, -0.1) is 0 Å². The number of rotatable bonds is 5. The van der Waals surface area contributed by atoms with Gasteiger partial charge < -0.3 is 5.32 Å². The highest BCUT2D eigenvalue weighted by Gasteiger charge is 2.21. The molecule has 0 fully saturated rings. The maximum absolute atomic E-state index is 13.3. The van der Waals surface area contributed by atoms with Gasteiger partial charge in [-0.25, -0.2) is 4.98 Å². The number of benzene rings is 3. The number of hydrogen-bond acceptors (Lipinski definition) is 4. The van der Waals surface area contributed by atoms with E-state index in [9.17, 15) is 9.59 Å². The number of carbonyl (C=O) groups is 1. The fourth-order valence-electron chi connectivity index (χ4n) is 3.44. The van der Waals surface area contributed by atoms with Crippen LogP contribution in [0.3, 0.4) is 0 Å². The number of amides is 1. The summed E-state index contributed by atoms with van der Waals surface area (Å²) < 4.78 is 1.58. The molecule has 3 aromatic carbocycles. The maximum atomic E-state index is 13.3. The molecule has 0 saturated carbocycles. The standard InChI is InChI=1S/C25H23N3O2S/c1-16-10-9-11-17(2)22(16)27-23(29)18(3)31-25-26-21-15-8-7-14-20(21)24(30)28(25)19-12-5-4-6-13-19/h4-15,18H,1-3H3,(H,27,29). The van der Waals surface area contributed by atoms with Crippen molar-refractivity contribution in [1.82, 2.24) is 9.55 Å². The zero-order valence-corrected chi connectivity index (χ0v) is 18.4. The fourth-order valence-corrected chi connectivity index (χ4v) is 4.37. The van der Waals surface area contributed by atoms with E-state index in [0.29, 0.717) is 16.1 Å². The molecule has 0 saturated heterocycles. The van der Waals surface area contributed by atoms with Gasteiger partial charge in [0.15, 0.2) is 5.16 Å². The Kier molecular flexibility index (Phi) is 5.91. The molecule has 0 spiro atoms. The molecule has 1 amide bonds. The summed E-state index contributed by atoms with van der Waals surface area (Å²) in [4.78, 5) is 31.0. The molecule has 31 heavy (non-hydrogen) atoms. The highest BCUT2D eigenvalue weighted by Crippen LogP contribution is 2.27. The van der Waals surface area contributed by atoms with Crippen LogP contribution in [0, 0.1) is 13.8 Å². The number of aryl methyl sites for hydroxylation is 2. The largest absolute Gasteiger partial charge is 0.325 e. The minimum absolute atomic E-state index is 0.135. The van der Waals surface area contributed by atoms with Crippen LogP contribution in [0.5, 0.6) is 0 Å². The van der Waals surface area contributed by atoms with Crippen LogP contribution >= 0.6 is 11.8 Å². The first-order valence-corrected chi connectivity index (χ1v) is 10.9. The predicted molar refractivity (Wildman–Crippen MR) is 127 cm³/mol. The smallest absolute Gasteiger partial charge is 0.266 e. The summed E-state index contributed by atoms with van der Waals surface area (Å²) in [5.41, 5.74) is 4.03. The van der Waals surface area contributed by atoms with Gasteiger partial charge in [0.05, 0.1) is 21.8 Å². The second kappa shape index (κ2) is 8.78. The second-order valence-electron chi connectivity index (χ2n) is 7.40. The molecule has 1 N–H and O–H groups in total. The van der Waals surface area contributed by atoms with Crippen molar-refractivity contribution in [1.29, 1.82) is 0 Å². The number of fused-ring (bicyclic) bond motifs is 1. The van der Waals surface area contributed by atoms with E-state index in [1.807, 2.05) is 87.5 Å². The van der Waals surface area contributed by atoms with Gasteiger partial charge in [0.2, 0.25) is 5.91 Å². The molecule has 0 aliphatic heterocycles. The van der Waals surface area contributed by atoms with Crippen LogP contribution in [0.1, 0.15) is 18.1 Å². The molecule has 1 aromatic heterocycles. The molecule has 4 rings (SSSR count). The number of para-hydroxylation sites is 3. The summed E-state index contributed by atoms with van der Waals surface area (Å²) in [5.74, 6) is -0.135. The monoisotopic (exact) mass is 429 g/mol. The lowest BCUT2D eigenvalue weighted by Crippen LogP contribution is -2.26. The van der Waals surface area contributed by atoms with E-state index in [-0.39, 0.29) is 11.5 Å². The number of nitrogens with zero attached hydrogens (tertiary/aromatic N) is 2. The van der Waals surface area contributed by atoms with E-state index in [1.165, 1.54) is 11.8 Å². The number of thioether (sulfide) groups is 1. The van der Waals surface area contributed by atoms with Crippen LogP contribution in [0.15, 0.2) is 82.7 Å². The number of nitrogens with one attached hydrogen (secondary N) is 1. The Balaban J connectivity index is 1.72. The van der Waals surface area contributed by atoms with Crippen molar-refractivity contribution in [3.05, 3.63) is 94.3 Å². The number of aromatic nitrogens is 2. The van der Waals surface area contributed by atoms with E-state index >= 15 is 0 Å². The predicted octanol–water partition coefficient (Wildman–Crippen LogP) is 5.12. The summed E-state index contributed by atoms with van der Waals surface area (Å²) >= 11 is 1.27. The van der Waals surface area contributed by atoms with Gasteiger partial charge in [0.1, 0.15) is 0 Å². The first kappa shape index (κ1) is 20.9. The maximum Gasteiger partial charge on any atom is 0.266 e. The average molecular weight is 430 g/mol. The highest BCUT2D eigenvalue weighted by atomic mass is 32.2. The average Bonchev–Trinajstić information content (AvgIpc) is 2.77. The first-order chi connectivity index (χ1) is 15.0. The van der Waals surface area contributed by atoms with Crippen molar-refractivity contribution in [2.45, 2.75) is 31.2 Å². The van der Waals surface area contributed by atoms with E-state index < -0.39 is 5.25 Å². The normalized spacial score (nSPS) is 12.0. The molecule has 0 aliphatic carbocycles. The Labute approximate surface area is 185 Å². The Morgan fingerprint density at radius 1 is 0.935 bits per heavy atom. The minimum atomic E-state index is -0.456. The minimum Gasteiger partial charge on any atom is -0.325 e. The molecule has 1 unspecified atom stereocenters. The molecule has 4 aromatic rings. The Hall–Kier alpha value is -3.38. The van der Waals surface area contributed by atoms with Gasteiger partial charge in [-0.05, 0) is 56.2 Å². The molecule has 0 aliphatic rings. The van der Waals surface area contributed by atoms with Crippen LogP contribution in [-0.2, 0) is 4.79 Å². The van der Waals surface area contributed by atoms with Crippen molar-refractivity contribution < 1.29 is 4.79 Å². The number of anilines is 1. The van der Waals surface area contributed by atoms with Crippen molar-refractivity contribution in [3.8, 4) is 5.69 Å². The Bertz CT molecular complexity index is 1300. The van der Waals surface area contributed by atoms with E-state index in [4.69, 9.17) is 4.98 Å². The molecule has 0 bridgehead atoms. The topological polar surface area (TPSA) is 64.0 Å². The lowest BCUT2D eigenvalue weighted by atomic mass is 10.1. The van der Waals surface area contributed by atoms with Crippen LogP contribution in [-0.4, -0.2) is 20.7 Å². The third-order valence-corrected chi connectivity index (χ3v) is 6.19. The van der Waals surface area contributed by atoms with Gasteiger partial charge in [0, 0.05) is 5.69 Å². The highest BCUT2D eigenvalue weighted by molar-refractivity contribution is 8.00. The zero-order chi connectivity index (χ0) is 22.0. The van der Waals surface area contributed by atoms with Gasteiger partial charge >= 0.3 is 0 Å². The lowest BCUT2D eigenvalue weighted by molar-refractivity contribution is -0.115. The van der Waals surface area contributed by atoms with Crippen molar-refractivity contribution in [2.75, 3.05) is 5.32 Å². The fraction of sp³-hybridized carbons (Fsp3) is 0.160. The van der Waals surface area contributed by atoms with Gasteiger partial charge in [-0.3, -0.25) is 14.2 Å². The summed E-state index contributed by atoms with van der Waals surface area (Å²) in [6.45, 7) is 5.76. The molecular formula is C25H23N3O2S.